The monoisotopic (exact) mass is 480 g/mol. The molecule has 6 nitrogen and oxygen atoms in total. The number of ether oxygens (including phenoxy) is 1. The van der Waals surface area contributed by atoms with Gasteiger partial charge in [0, 0.05) is 17.3 Å². The van der Waals surface area contributed by atoms with E-state index in [0.717, 1.165) is 34.7 Å². The second-order valence-corrected chi connectivity index (χ2v) is 8.84. The molecule has 0 spiro atoms. The fourth-order valence-electron chi connectivity index (χ4n) is 4.05. The lowest BCUT2D eigenvalue weighted by atomic mass is 10.1. The van der Waals surface area contributed by atoms with Gasteiger partial charge < -0.3 is 9.30 Å². The van der Waals surface area contributed by atoms with E-state index in [1.165, 1.54) is 11.8 Å². The van der Waals surface area contributed by atoms with E-state index in [-0.39, 0.29) is 11.4 Å². The van der Waals surface area contributed by atoms with E-state index in [1.807, 2.05) is 89.0 Å². The second-order valence-electron chi connectivity index (χ2n) is 8.00. The van der Waals surface area contributed by atoms with Crippen molar-refractivity contribution in [2.45, 2.75) is 13.0 Å². The van der Waals surface area contributed by atoms with Crippen molar-refractivity contribution in [2.24, 2.45) is 4.99 Å². The van der Waals surface area contributed by atoms with Crippen LogP contribution in [-0.4, -0.2) is 33.0 Å². The number of allylic oxidation sites excluding steroid dienone is 1. The lowest BCUT2D eigenvalue weighted by Crippen LogP contribution is -2.38. The molecule has 3 aromatic rings. The first-order chi connectivity index (χ1) is 17.2. The highest BCUT2D eigenvalue weighted by Crippen LogP contribution is 2.37. The van der Waals surface area contributed by atoms with E-state index in [1.54, 1.807) is 11.0 Å². The Bertz CT molecular complexity index is 1380. The van der Waals surface area contributed by atoms with Gasteiger partial charge in [-0.05, 0) is 41.8 Å². The molecular formula is C28H24N4O2S. The fourth-order valence-corrected chi connectivity index (χ4v) is 4.94. The lowest BCUT2D eigenvalue weighted by molar-refractivity contribution is -0.114. The number of aromatic nitrogens is 1. The van der Waals surface area contributed by atoms with Crippen LogP contribution in [0.5, 0.6) is 5.75 Å². The number of rotatable bonds is 8. The molecule has 2 aliphatic heterocycles. The Kier molecular flexibility index (Phi) is 6.50. The average Bonchev–Trinajstić information content (AvgIpc) is 3.50. The first-order valence-corrected chi connectivity index (χ1v) is 12.2. The molecular weight excluding hydrogens is 456 g/mol. The summed E-state index contributed by atoms with van der Waals surface area (Å²) in [5, 5.41) is 11.3. The predicted molar refractivity (Wildman–Crippen MR) is 142 cm³/mol. The van der Waals surface area contributed by atoms with Crippen LogP contribution in [0.1, 0.15) is 16.8 Å². The van der Waals surface area contributed by atoms with Crippen molar-refractivity contribution in [1.29, 1.82) is 5.41 Å². The topological polar surface area (TPSA) is 70.7 Å². The number of carbonyl (C=O) groups excluding carboxylic acids is 1. The summed E-state index contributed by atoms with van der Waals surface area (Å²) >= 11 is 1.36. The van der Waals surface area contributed by atoms with Crippen molar-refractivity contribution in [1.82, 2.24) is 9.47 Å². The Labute approximate surface area is 208 Å². The third-order valence-electron chi connectivity index (χ3n) is 5.77. The number of hydrogen-bond donors (Lipinski definition) is 1. The van der Waals surface area contributed by atoms with Crippen LogP contribution < -0.4 is 4.74 Å². The largest absolute Gasteiger partial charge is 0.491 e. The number of nitrogens with one attached hydrogen (secondary N) is 1. The average molecular weight is 481 g/mol. The number of fused-ring (bicyclic) bond motifs is 1. The minimum atomic E-state index is -0.404. The third kappa shape index (κ3) is 4.63. The van der Waals surface area contributed by atoms with E-state index in [9.17, 15) is 4.79 Å². The molecule has 0 fully saturated rings. The number of thioether (sulfide) groups is 1. The van der Waals surface area contributed by atoms with Crippen molar-refractivity contribution >= 4 is 40.4 Å². The summed E-state index contributed by atoms with van der Waals surface area (Å²) in [5.41, 5.74) is 3.99. The summed E-state index contributed by atoms with van der Waals surface area (Å²) in [6.07, 6.45) is 6.29. The van der Waals surface area contributed by atoms with Crippen LogP contribution in [0.2, 0.25) is 0 Å². The third-order valence-corrected chi connectivity index (χ3v) is 6.59. The number of amides is 1. The molecule has 0 unspecified atom stereocenters. The molecule has 35 heavy (non-hydrogen) atoms. The standard InChI is InChI=1S/C28H24N4O2S/c1-2-9-21-12-6-7-14-25(21)34-17-16-31-15-8-13-22(31)18-23-26(29)32-24(20-10-4-3-5-11-20)19-35-28(32)30-27(23)33/h2-8,10-15,18-19,29H,1,9,16-17H2. The van der Waals surface area contributed by atoms with Crippen molar-refractivity contribution in [2.75, 3.05) is 6.61 Å². The van der Waals surface area contributed by atoms with Crippen LogP contribution in [0.4, 0.5) is 0 Å². The number of amidine groups is 2. The Hall–Kier alpha value is -4.10. The molecule has 7 heteroatoms. The molecule has 1 N–H and O–H groups in total. The van der Waals surface area contributed by atoms with Gasteiger partial charge in [-0.25, -0.2) is 0 Å². The van der Waals surface area contributed by atoms with Crippen LogP contribution in [0, 0.1) is 5.41 Å². The van der Waals surface area contributed by atoms with Crippen molar-refractivity contribution < 1.29 is 9.53 Å². The van der Waals surface area contributed by atoms with E-state index in [2.05, 4.69) is 11.6 Å². The molecule has 3 heterocycles. The zero-order valence-electron chi connectivity index (χ0n) is 19.1. The lowest BCUT2D eigenvalue weighted by Gasteiger charge is -2.27. The second kappa shape index (κ2) is 10.0. The number of benzene rings is 2. The quantitative estimate of drug-likeness (QED) is 0.337. The molecule has 1 aromatic heterocycles. The van der Waals surface area contributed by atoms with E-state index in [4.69, 9.17) is 10.1 Å². The normalized spacial score (nSPS) is 16.2. The molecule has 0 atom stereocenters. The van der Waals surface area contributed by atoms with Crippen LogP contribution in [-0.2, 0) is 17.8 Å². The van der Waals surface area contributed by atoms with Crippen molar-refractivity contribution in [3.8, 4) is 5.75 Å². The maximum atomic E-state index is 12.8. The Morgan fingerprint density at radius 2 is 1.86 bits per heavy atom. The number of carbonyl (C=O) groups is 1. The maximum absolute atomic E-state index is 12.8. The Balaban J connectivity index is 1.34. The Morgan fingerprint density at radius 1 is 1.06 bits per heavy atom. The van der Waals surface area contributed by atoms with E-state index >= 15 is 0 Å². The summed E-state index contributed by atoms with van der Waals surface area (Å²) in [5.74, 6) is 0.568. The van der Waals surface area contributed by atoms with Gasteiger partial charge in [-0.3, -0.25) is 15.1 Å². The predicted octanol–water partition coefficient (Wildman–Crippen LogP) is 5.60. The smallest absolute Gasteiger partial charge is 0.283 e. The highest BCUT2D eigenvalue weighted by atomic mass is 32.2. The summed E-state index contributed by atoms with van der Waals surface area (Å²) in [7, 11) is 0. The highest BCUT2D eigenvalue weighted by molar-refractivity contribution is 8.17. The SMILES string of the molecule is C=CCc1ccccc1OCCn1cccc1C=C1C(=N)N2C(c3ccccc3)=CSC2=NC1=O. The Morgan fingerprint density at radius 3 is 2.69 bits per heavy atom. The van der Waals surface area contributed by atoms with Crippen LogP contribution in [0.25, 0.3) is 11.8 Å². The van der Waals surface area contributed by atoms with Gasteiger partial charge in [0.15, 0.2) is 5.17 Å². The number of hydrogen-bond acceptors (Lipinski definition) is 4. The molecule has 2 aliphatic rings. The first-order valence-electron chi connectivity index (χ1n) is 11.3. The maximum Gasteiger partial charge on any atom is 0.283 e. The zero-order chi connectivity index (χ0) is 24.2. The van der Waals surface area contributed by atoms with E-state index in [0.29, 0.717) is 18.3 Å². The minimum absolute atomic E-state index is 0.127. The first kappa shape index (κ1) is 22.7. The van der Waals surface area contributed by atoms with Gasteiger partial charge in [-0.2, -0.15) is 4.99 Å². The van der Waals surface area contributed by atoms with Gasteiger partial charge in [0.2, 0.25) is 0 Å². The van der Waals surface area contributed by atoms with Crippen LogP contribution in [0.15, 0.2) is 102 Å². The van der Waals surface area contributed by atoms with E-state index < -0.39 is 5.91 Å². The minimum Gasteiger partial charge on any atom is -0.491 e. The molecule has 0 bridgehead atoms. The highest BCUT2D eigenvalue weighted by Gasteiger charge is 2.36. The molecule has 0 radical (unpaired) electrons. The number of nitrogens with zero attached hydrogens (tertiary/aromatic N) is 3. The molecule has 1 amide bonds. The number of para-hydroxylation sites is 1. The van der Waals surface area contributed by atoms with Gasteiger partial charge >= 0.3 is 0 Å². The number of aliphatic imine (C=N–C) groups is 1. The fraction of sp³-hybridized carbons (Fsp3) is 0.107. The van der Waals surface area contributed by atoms with Crippen LogP contribution in [0.3, 0.4) is 0 Å². The van der Waals surface area contributed by atoms with Crippen molar-refractivity contribution in [3.05, 3.63) is 113 Å². The molecule has 2 aromatic carbocycles. The van der Waals surface area contributed by atoms with Gasteiger partial charge in [0.25, 0.3) is 5.91 Å². The summed E-state index contributed by atoms with van der Waals surface area (Å²) in [4.78, 5) is 18.8. The van der Waals surface area contributed by atoms with Gasteiger partial charge in [-0.1, -0.05) is 66.4 Å². The summed E-state index contributed by atoms with van der Waals surface area (Å²) in [6, 6.07) is 21.6. The molecule has 0 saturated heterocycles. The van der Waals surface area contributed by atoms with Crippen molar-refractivity contribution in [3.63, 3.8) is 0 Å². The van der Waals surface area contributed by atoms with Gasteiger partial charge in [0.1, 0.15) is 18.2 Å². The molecule has 0 saturated carbocycles. The summed E-state index contributed by atoms with van der Waals surface area (Å²) in [6.45, 7) is 4.88. The molecule has 0 aliphatic carbocycles. The molecule has 5 rings (SSSR count). The molecule has 174 valence electrons. The van der Waals surface area contributed by atoms with Crippen LogP contribution >= 0.6 is 11.8 Å². The van der Waals surface area contributed by atoms with Gasteiger partial charge in [0.05, 0.1) is 17.8 Å². The van der Waals surface area contributed by atoms with Gasteiger partial charge in [-0.15, -0.1) is 6.58 Å². The zero-order valence-corrected chi connectivity index (χ0v) is 19.9. The summed E-state index contributed by atoms with van der Waals surface area (Å²) < 4.78 is 8.04.